The quantitative estimate of drug-likeness (QED) is 0.840. The Bertz CT molecular complexity index is 381. The van der Waals surface area contributed by atoms with E-state index in [1.807, 2.05) is 13.8 Å². The van der Waals surface area contributed by atoms with Crippen LogP contribution in [-0.2, 0) is 0 Å². The minimum absolute atomic E-state index is 0.455. The van der Waals surface area contributed by atoms with E-state index in [1.165, 1.54) is 25.7 Å². The lowest BCUT2D eigenvalue weighted by Gasteiger charge is -2.31. The molecular weight excluding hydrogens is 234 g/mol. The third kappa shape index (κ3) is 3.09. The van der Waals surface area contributed by atoms with E-state index in [0.29, 0.717) is 12.0 Å². The molecule has 94 valence electrons. The number of hydrogen-bond donors (Lipinski definition) is 1. The topological polar surface area (TPSA) is 37.8 Å². The minimum Gasteiger partial charge on any atom is -0.366 e. The lowest BCUT2D eigenvalue weighted by Crippen LogP contribution is -2.34. The highest BCUT2D eigenvalue weighted by Gasteiger charge is 2.24. The summed E-state index contributed by atoms with van der Waals surface area (Å²) in [6.45, 7) is 3.96. The van der Waals surface area contributed by atoms with E-state index < -0.39 is 0 Å². The number of hydrogen-bond acceptors (Lipinski definition) is 3. The van der Waals surface area contributed by atoms with Crippen LogP contribution < -0.4 is 5.32 Å². The molecule has 2 atom stereocenters. The second-order valence-corrected chi connectivity index (χ2v) is 5.20. The molecule has 1 N–H and O–H groups in total. The molecule has 1 aromatic heterocycles. The highest BCUT2D eigenvalue weighted by molar-refractivity contribution is 6.18. The van der Waals surface area contributed by atoms with Crippen molar-refractivity contribution in [2.24, 2.45) is 5.92 Å². The largest absolute Gasteiger partial charge is 0.366 e. The summed E-state index contributed by atoms with van der Waals surface area (Å²) in [7, 11) is 0. The van der Waals surface area contributed by atoms with Crippen LogP contribution in [0.25, 0.3) is 0 Å². The van der Waals surface area contributed by atoms with Crippen LogP contribution in [0.5, 0.6) is 0 Å². The number of anilines is 1. The fourth-order valence-electron chi connectivity index (χ4n) is 2.43. The zero-order chi connectivity index (χ0) is 12.3. The molecular formula is C13H20ClN3. The predicted molar refractivity (Wildman–Crippen MR) is 71.6 cm³/mol. The molecule has 0 spiro atoms. The van der Waals surface area contributed by atoms with Gasteiger partial charge < -0.3 is 5.32 Å². The van der Waals surface area contributed by atoms with E-state index in [0.717, 1.165) is 23.1 Å². The molecule has 1 aliphatic rings. The van der Waals surface area contributed by atoms with Gasteiger partial charge in [-0.2, -0.15) is 0 Å². The maximum absolute atomic E-state index is 6.04. The summed E-state index contributed by atoms with van der Waals surface area (Å²) < 4.78 is 0. The minimum atomic E-state index is 0.455. The zero-order valence-electron chi connectivity index (χ0n) is 10.5. The summed E-state index contributed by atoms with van der Waals surface area (Å²) in [5.41, 5.74) is 1.92. The predicted octanol–water partition coefficient (Wildman–Crippen LogP) is 3.30. The van der Waals surface area contributed by atoms with Gasteiger partial charge >= 0.3 is 0 Å². The lowest BCUT2D eigenvalue weighted by atomic mass is 9.86. The van der Waals surface area contributed by atoms with Crippen LogP contribution in [0.15, 0.2) is 6.20 Å². The number of aromatic nitrogens is 2. The molecule has 4 heteroatoms. The van der Waals surface area contributed by atoms with Crippen molar-refractivity contribution in [2.45, 2.75) is 45.6 Å². The van der Waals surface area contributed by atoms with Crippen molar-refractivity contribution in [3.05, 3.63) is 17.6 Å². The van der Waals surface area contributed by atoms with Crippen LogP contribution in [0.3, 0.4) is 0 Å². The fourth-order valence-corrected chi connectivity index (χ4v) is 2.80. The number of rotatable bonds is 3. The summed E-state index contributed by atoms with van der Waals surface area (Å²) in [5.74, 6) is 2.22. The Morgan fingerprint density at radius 1 is 1.35 bits per heavy atom. The molecule has 3 nitrogen and oxygen atoms in total. The second-order valence-electron chi connectivity index (χ2n) is 4.90. The Morgan fingerprint density at radius 2 is 2.12 bits per heavy atom. The third-order valence-electron chi connectivity index (χ3n) is 3.51. The molecule has 1 aliphatic carbocycles. The third-order valence-corrected chi connectivity index (χ3v) is 3.90. The molecule has 2 unspecified atom stereocenters. The molecule has 0 radical (unpaired) electrons. The molecule has 1 fully saturated rings. The van der Waals surface area contributed by atoms with Gasteiger partial charge in [-0.15, -0.1) is 11.6 Å². The molecule has 1 heterocycles. The zero-order valence-corrected chi connectivity index (χ0v) is 11.3. The van der Waals surface area contributed by atoms with Crippen molar-refractivity contribution in [3.8, 4) is 0 Å². The van der Waals surface area contributed by atoms with Crippen LogP contribution in [0, 0.1) is 19.8 Å². The number of aryl methyl sites for hydroxylation is 2. The van der Waals surface area contributed by atoms with Gasteiger partial charge in [0.1, 0.15) is 5.82 Å². The number of nitrogens with one attached hydrogen (secondary N) is 1. The molecule has 0 aliphatic heterocycles. The van der Waals surface area contributed by atoms with Crippen molar-refractivity contribution < 1.29 is 0 Å². The molecule has 0 amide bonds. The van der Waals surface area contributed by atoms with Gasteiger partial charge in [0.15, 0.2) is 0 Å². The fraction of sp³-hybridized carbons (Fsp3) is 0.692. The highest BCUT2D eigenvalue weighted by atomic mass is 35.5. The van der Waals surface area contributed by atoms with Crippen LogP contribution in [0.4, 0.5) is 5.82 Å². The van der Waals surface area contributed by atoms with Crippen LogP contribution in [0.1, 0.15) is 37.1 Å². The Balaban J connectivity index is 2.10. The van der Waals surface area contributed by atoms with Crippen LogP contribution in [-0.4, -0.2) is 21.9 Å². The van der Waals surface area contributed by atoms with Gasteiger partial charge in [-0.3, -0.25) is 4.98 Å². The second kappa shape index (κ2) is 5.67. The molecule has 1 aromatic rings. The Kier molecular flexibility index (Phi) is 4.21. The summed E-state index contributed by atoms with van der Waals surface area (Å²) in [4.78, 5) is 8.86. The normalized spacial score (nSPS) is 24.6. The standard InChI is InChI=1S/C13H20ClN3/c1-9-8-15-10(2)13(16-9)17-12-6-4-3-5-11(12)7-14/h8,11-12H,3-7H2,1-2H3,(H,16,17). The Morgan fingerprint density at radius 3 is 2.88 bits per heavy atom. The van der Waals surface area contributed by atoms with Gasteiger partial charge in [-0.05, 0) is 32.6 Å². The van der Waals surface area contributed by atoms with Gasteiger partial charge in [-0.25, -0.2) is 4.98 Å². The van der Waals surface area contributed by atoms with Gasteiger partial charge in [0.2, 0.25) is 0 Å². The molecule has 17 heavy (non-hydrogen) atoms. The molecule has 0 saturated heterocycles. The lowest BCUT2D eigenvalue weighted by molar-refractivity contribution is 0.352. The number of halogens is 1. The monoisotopic (exact) mass is 253 g/mol. The first-order valence-corrected chi connectivity index (χ1v) is 6.87. The Labute approximate surface area is 108 Å². The smallest absolute Gasteiger partial charge is 0.147 e. The van der Waals surface area contributed by atoms with Gasteiger partial charge in [0.05, 0.1) is 11.4 Å². The van der Waals surface area contributed by atoms with E-state index >= 15 is 0 Å². The molecule has 1 saturated carbocycles. The van der Waals surface area contributed by atoms with E-state index in [9.17, 15) is 0 Å². The van der Waals surface area contributed by atoms with E-state index in [1.54, 1.807) is 6.20 Å². The van der Waals surface area contributed by atoms with Crippen molar-refractivity contribution in [2.75, 3.05) is 11.2 Å². The van der Waals surface area contributed by atoms with Gasteiger partial charge in [0, 0.05) is 18.1 Å². The van der Waals surface area contributed by atoms with Crippen molar-refractivity contribution in [1.29, 1.82) is 0 Å². The molecule has 0 bridgehead atoms. The summed E-state index contributed by atoms with van der Waals surface area (Å²) in [6.07, 6.45) is 6.80. The summed E-state index contributed by atoms with van der Waals surface area (Å²) in [5, 5.41) is 3.53. The summed E-state index contributed by atoms with van der Waals surface area (Å²) >= 11 is 6.04. The van der Waals surface area contributed by atoms with E-state index in [2.05, 4.69) is 15.3 Å². The first kappa shape index (κ1) is 12.6. The number of alkyl halides is 1. The maximum Gasteiger partial charge on any atom is 0.147 e. The van der Waals surface area contributed by atoms with Crippen molar-refractivity contribution in [1.82, 2.24) is 9.97 Å². The average molecular weight is 254 g/mol. The Hall–Kier alpha value is -0.830. The van der Waals surface area contributed by atoms with Crippen LogP contribution in [0.2, 0.25) is 0 Å². The summed E-state index contributed by atoms with van der Waals surface area (Å²) in [6, 6.07) is 0.455. The maximum atomic E-state index is 6.04. The average Bonchev–Trinajstić information content (AvgIpc) is 2.34. The van der Waals surface area contributed by atoms with E-state index in [4.69, 9.17) is 11.6 Å². The van der Waals surface area contributed by atoms with Gasteiger partial charge in [-0.1, -0.05) is 12.8 Å². The van der Waals surface area contributed by atoms with Crippen molar-refractivity contribution in [3.63, 3.8) is 0 Å². The molecule has 2 rings (SSSR count). The molecule has 0 aromatic carbocycles. The van der Waals surface area contributed by atoms with E-state index in [-0.39, 0.29) is 0 Å². The first-order valence-electron chi connectivity index (χ1n) is 6.33. The van der Waals surface area contributed by atoms with Crippen LogP contribution >= 0.6 is 11.6 Å². The SMILES string of the molecule is Cc1cnc(C)c(NC2CCCCC2CCl)n1. The van der Waals surface area contributed by atoms with Crippen molar-refractivity contribution >= 4 is 17.4 Å². The first-order chi connectivity index (χ1) is 8.20. The number of nitrogens with zero attached hydrogens (tertiary/aromatic N) is 2. The highest BCUT2D eigenvalue weighted by Crippen LogP contribution is 2.28. The van der Waals surface area contributed by atoms with Gasteiger partial charge in [0.25, 0.3) is 0 Å².